The molecule has 0 fully saturated rings. The highest BCUT2D eigenvalue weighted by molar-refractivity contribution is 9.10. The summed E-state index contributed by atoms with van der Waals surface area (Å²) in [7, 11) is 1.63. The second kappa shape index (κ2) is 4.89. The molecule has 2 N–H and O–H groups in total. The highest BCUT2D eigenvalue weighted by atomic mass is 79.9. The maximum absolute atomic E-state index is 5.72. The van der Waals surface area contributed by atoms with Crippen LogP contribution in [0.4, 0.5) is 0 Å². The number of ether oxygens (including phenoxy) is 1. The Hall–Kier alpha value is -1.33. The number of rotatable bonds is 3. The monoisotopic (exact) mass is 296 g/mol. The zero-order valence-electron chi connectivity index (χ0n) is 9.61. The predicted molar refractivity (Wildman–Crippen MR) is 68.8 cm³/mol. The van der Waals surface area contributed by atoms with Crippen molar-refractivity contribution in [1.82, 2.24) is 5.16 Å². The quantitative estimate of drug-likeness (QED) is 0.945. The van der Waals surface area contributed by atoms with Gasteiger partial charge in [0.1, 0.15) is 11.4 Å². The average Bonchev–Trinajstić information content (AvgIpc) is 2.78. The van der Waals surface area contributed by atoms with Gasteiger partial charge in [-0.25, -0.2) is 0 Å². The number of aromatic nitrogens is 1. The summed E-state index contributed by atoms with van der Waals surface area (Å²) in [5.74, 6) is 1.46. The van der Waals surface area contributed by atoms with Crippen LogP contribution in [0.5, 0.6) is 5.75 Å². The van der Waals surface area contributed by atoms with Crippen molar-refractivity contribution < 1.29 is 9.26 Å². The van der Waals surface area contributed by atoms with E-state index in [0.717, 1.165) is 21.5 Å². The molecule has 2 aromatic rings. The number of hydrogen-bond acceptors (Lipinski definition) is 4. The van der Waals surface area contributed by atoms with Crippen LogP contribution in [-0.4, -0.2) is 12.3 Å². The molecule has 0 radical (unpaired) electrons. The molecule has 90 valence electrons. The van der Waals surface area contributed by atoms with Crippen LogP contribution in [0.15, 0.2) is 33.3 Å². The van der Waals surface area contributed by atoms with E-state index >= 15 is 0 Å². The van der Waals surface area contributed by atoms with Crippen molar-refractivity contribution in [2.45, 2.75) is 13.0 Å². The first-order valence-corrected chi connectivity index (χ1v) is 5.97. The summed E-state index contributed by atoms with van der Waals surface area (Å²) in [6, 6.07) is 7.37. The fourth-order valence-corrected chi connectivity index (χ4v) is 2.02. The fourth-order valence-electron chi connectivity index (χ4n) is 1.46. The van der Waals surface area contributed by atoms with Crippen molar-refractivity contribution in [2.24, 2.45) is 5.73 Å². The molecule has 1 atom stereocenters. The van der Waals surface area contributed by atoms with Gasteiger partial charge in [-0.1, -0.05) is 5.16 Å². The number of benzene rings is 1. The molecule has 1 aromatic heterocycles. The van der Waals surface area contributed by atoms with Gasteiger partial charge < -0.3 is 15.0 Å². The molecular weight excluding hydrogens is 284 g/mol. The highest BCUT2D eigenvalue weighted by Gasteiger charge is 2.12. The molecule has 1 heterocycles. The Labute approximate surface area is 108 Å². The van der Waals surface area contributed by atoms with Crippen LogP contribution in [0.3, 0.4) is 0 Å². The molecule has 2 rings (SSSR count). The van der Waals surface area contributed by atoms with E-state index in [1.807, 2.05) is 31.2 Å². The van der Waals surface area contributed by atoms with Gasteiger partial charge in [0.15, 0.2) is 5.76 Å². The lowest BCUT2D eigenvalue weighted by atomic mass is 10.1. The van der Waals surface area contributed by atoms with Crippen LogP contribution in [-0.2, 0) is 0 Å². The molecule has 0 aliphatic rings. The summed E-state index contributed by atoms with van der Waals surface area (Å²) < 4.78 is 11.2. The minimum atomic E-state index is -0.159. The molecule has 0 aliphatic carbocycles. The largest absolute Gasteiger partial charge is 0.497 e. The molecule has 0 bridgehead atoms. The summed E-state index contributed by atoms with van der Waals surface area (Å²) in [5.41, 5.74) is 7.43. The normalized spacial score (nSPS) is 12.5. The minimum absolute atomic E-state index is 0.159. The van der Waals surface area contributed by atoms with Crippen LogP contribution in [0.2, 0.25) is 0 Å². The molecule has 17 heavy (non-hydrogen) atoms. The van der Waals surface area contributed by atoms with Crippen molar-refractivity contribution >= 4 is 15.9 Å². The number of nitrogens with zero attached hydrogens (tertiary/aromatic N) is 1. The van der Waals surface area contributed by atoms with Crippen molar-refractivity contribution in [3.63, 3.8) is 0 Å². The molecule has 1 aromatic carbocycles. The Kier molecular flexibility index (Phi) is 3.49. The molecule has 4 nitrogen and oxygen atoms in total. The van der Waals surface area contributed by atoms with E-state index in [2.05, 4.69) is 21.1 Å². The van der Waals surface area contributed by atoms with Gasteiger partial charge >= 0.3 is 0 Å². The number of nitrogens with two attached hydrogens (primary N) is 1. The van der Waals surface area contributed by atoms with Crippen molar-refractivity contribution in [3.05, 3.63) is 34.5 Å². The number of hydrogen-bond donors (Lipinski definition) is 1. The van der Waals surface area contributed by atoms with Crippen molar-refractivity contribution in [1.29, 1.82) is 0 Å². The topological polar surface area (TPSA) is 61.3 Å². The number of halogens is 1. The van der Waals surface area contributed by atoms with E-state index in [9.17, 15) is 0 Å². The van der Waals surface area contributed by atoms with E-state index in [-0.39, 0.29) is 6.04 Å². The van der Waals surface area contributed by atoms with Crippen molar-refractivity contribution in [3.8, 4) is 17.0 Å². The number of methoxy groups -OCH3 is 1. The standard InChI is InChI=1S/C12H13BrN2O2/c1-7(14)12-6-11(15-17-12)9-4-3-8(16-2)5-10(9)13/h3-7H,14H2,1-2H3. The minimum Gasteiger partial charge on any atom is -0.497 e. The van der Waals surface area contributed by atoms with Gasteiger partial charge in [-0.2, -0.15) is 0 Å². The first-order chi connectivity index (χ1) is 8.11. The Balaban J connectivity index is 2.38. The molecule has 0 saturated carbocycles. The summed E-state index contributed by atoms with van der Waals surface area (Å²) in [6.07, 6.45) is 0. The average molecular weight is 297 g/mol. The van der Waals surface area contributed by atoms with Crippen LogP contribution in [0.1, 0.15) is 18.7 Å². The Morgan fingerprint density at radius 2 is 2.18 bits per heavy atom. The first-order valence-electron chi connectivity index (χ1n) is 5.18. The van der Waals surface area contributed by atoms with Crippen molar-refractivity contribution in [2.75, 3.05) is 7.11 Å². The van der Waals surface area contributed by atoms with E-state index in [1.54, 1.807) is 7.11 Å². The Morgan fingerprint density at radius 3 is 2.71 bits per heavy atom. The molecule has 0 saturated heterocycles. The zero-order chi connectivity index (χ0) is 12.4. The predicted octanol–water partition coefficient (Wildman–Crippen LogP) is 3.13. The molecule has 1 unspecified atom stereocenters. The van der Waals surface area contributed by atoms with E-state index in [4.69, 9.17) is 15.0 Å². The van der Waals surface area contributed by atoms with Gasteiger partial charge in [0, 0.05) is 16.1 Å². The maximum Gasteiger partial charge on any atom is 0.153 e. The lowest BCUT2D eigenvalue weighted by Crippen LogP contribution is -2.02. The van der Waals surface area contributed by atoms with E-state index in [1.165, 1.54) is 0 Å². The van der Waals surface area contributed by atoms with Gasteiger partial charge in [-0.15, -0.1) is 0 Å². The third kappa shape index (κ3) is 2.50. The Morgan fingerprint density at radius 1 is 1.41 bits per heavy atom. The Bertz CT molecular complexity index is 523. The summed E-state index contributed by atoms with van der Waals surface area (Å²) >= 11 is 3.48. The van der Waals surface area contributed by atoms with E-state index < -0.39 is 0 Å². The van der Waals surface area contributed by atoms with Crippen LogP contribution in [0.25, 0.3) is 11.3 Å². The summed E-state index contributed by atoms with van der Waals surface area (Å²) in [5, 5.41) is 4.00. The molecule has 0 spiro atoms. The SMILES string of the molecule is COc1ccc(-c2cc(C(C)N)on2)c(Br)c1. The third-order valence-corrected chi connectivity index (χ3v) is 3.09. The van der Waals surface area contributed by atoms with Crippen LogP contribution >= 0.6 is 15.9 Å². The van der Waals surface area contributed by atoms with Gasteiger partial charge in [0.25, 0.3) is 0 Å². The van der Waals surface area contributed by atoms with Gasteiger partial charge in [-0.3, -0.25) is 0 Å². The maximum atomic E-state index is 5.72. The lowest BCUT2D eigenvalue weighted by molar-refractivity contribution is 0.369. The van der Waals surface area contributed by atoms with Gasteiger partial charge in [0.05, 0.1) is 13.2 Å². The summed E-state index contributed by atoms with van der Waals surface area (Å²) in [4.78, 5) is 0. The van der Waals surface area contributed by atoms with Gasteiger partial charge in [0.2, 0.25) is 0 Å². The van der Waals surface area contributed by atoms with E-state index in [0.29, 0.717) is 5.76 Å². The molecule has 0 aliphatic heterocycles. The summed E-state index contributed by atoms with van der Waals surface area (Å²) in [6.45, 7) is 1.85. The van der Waals surface area contributed by atoms with Crippen LogP contribution < -0.4 is 10.5 Å². The smallest absolute Gasteiger partial charge is 0.153 e. The first kappa shape index (κ1) is 12.1. The highest BCUT2D eigenvalue weighted by Crippen LogP contribution is 2.31. The molecular formula is C12H13BrN2O2. The zero-order valence-corrected chi connectivity index (χ0v) is 11.2. The second-order valence-electron chi connectivity index (χ2n) is 3.75. The third-order valence-electron chi connectivity index (χ3n) is 2.43. The molecule has 0 amide bonds. The molecule has 5 heteroatoms. The van der Waals surface area contributed by atoms with Crippen LogP contribution in [0, 0.1) is 0 Å². The fraction of sp³-hybridized carbons (Fsp3) is 0.250. The van der Waals surface area contributed by atoms with Gasteiger partial charge in [-0.05, 0) is 41.1 Å². The lowest BCUT2D eigenvalue weighted by Gasteiger charge is -2.03. The second-order valence-corrected chi connectivity index (χ2v) is 4.60.